The van der Waals surface area contributed by atoms with E-state index in [2.05, 4.69) is 15.3 Å². The number of anilines is 1. The molecule has 0 fully saturated rings. The van der Waals surface area contributed by atoms with Crippen molar-refractivity contribution in [2.45, 2.75) is 13.0 Å². The summed E-state index contributed by atoms with van der Waals surface area (Å²) in [5, 5.41) is 15.0. The normalized spacial score (nSPS) is 12.0. The summed E-state index contributed by atoms with van der Waals surface area (Å²) in [5.74, 6) is 0.747. The molecule has 1 atom stereocenters. The summed E-state index contributed by atoms with van der Waals surface area (Å²) in [4.78, 5) is 18.8. The van der Waals surface area contributed by atoms with Crippen LogP contribution >= 0.6 is 0 Å². The Morgan fingerprint density at radius 3 is 2.55 bits per heavy atom. The van der Waals surface area contributed by atoms with Crippen LogP contribution < -0.4 is 5.32 Å². The van der Waals surface area contributed by atoms with E-state index in [4.69, 9.17) is 0 Å². The standard InChI is InChI=1S/C16H14N4O2/c1-11(12-6-8-13(9-7-12)20(21)22)19-16-14-4-2-3-5-15(14)17-10-18-16/h2-11H,1H3,(H,17,18,19). The molecule has 0 bridgehead atoms. The van der Waals surface area contributed by atoms with Crippen LogP contribution in [0.3, 0.4) is 0 Å². The van der Waals surface area contributed by atoms with Crippen molar-refractivity contribution in [3.05, 3.63) is 70.5 Å². The number of rotatable bonds is 4. The SMILES string of the molecule is CC(Nc1ncnc2ccccc12)c1ccc([N+](=O)[O-])cc1. The Labute approximate surface area is 127 Å². The fourth-order valence-electron chi connectivity index (χ4n) is 2.29. The van der Waals surface area contributed by atoms with E-state index in [1.54, 1.807) is 12.1 Å². The smallest absolute Gasteiger partial charge is 0.269 e. The van der Waals surface area contributed by atoms with Gasteiger partial charge in [0.15, 0.2) is 0 Å². The lowest BCUT2D eigenvalue weighted by atomic mass is 10.1. The highest BCUT2D eigenvalue weighted by Gasteiger charge is 2.11. The quantitative estimate of drug-likeness (QED) is 0.586. The Morgan fingerprint density at radius 1 is 1.09 bits per heavy atom. The first kappa shape index (κ1) is 13.9. The van der Waals surface area contributed by atoms with E-state index >= 15 is 0 Å². The van der Waals surface area contributed by atoms with Crippen molar-refractivity contribution in [3.8, 4) is 0 Å². The van der Waals surface area contributed by atoms with Gasteiger partial charge in [-0.2, -0.15) is 0 Å². The molecule has 3 aromatic rings. The van der Waals surface area contributed by atoms with Crippen molar-refractivity contribution in [1.82, 2.24) is 9.97 Å². The first-order chi connectivity index (χ1) is 10.6. The molecule has 1 unspecified atom stereocenters. The molecule has 2 aromatic carbocycles. The van der Waals surface area contributed by atoms with Crippen LogP contribution in [0.1, 0.15) is 18.5 Å². The highest BCUT2D eigenvalue weighted by molar-refractivity contribution is 5.88. The van der Waals surface area contributed by atoms with Gasteiger partial charge in [0.25, 0.3) is 5.69 Å². The second-order valence-electron chi connectivity index (χ2n) is 4.95. The largest absolute Gasteiger partial charge is 0.363 e. The predicted molar refractivity (Wildman–Crippen MR) is 84.7 cm³/mol. The lowest BCUT2D eigenvalue weighted by molar-refractivity contribution is -0.384. The molecule has 1 aromatic heterocycles. The van der Waals surface area contributed by atoms with Gasteiger partial charge in [-0.05, 0) is 24.6 Å². The molecule has 110 valence electrons. The monoisotopic (exact) mass is 294 g/mol. The minimum Gasteiger partial charge on any atom is -0.363 e. The van der Waals surface area contributed by atoms with Gasteiger partial charge in [-0.3, -0.25) is 10.1 Å². The van der Waals surface area contributed by atoms with Gasteiger partial charge in [0.05, 0.1) is 10.4 Å². The number of nitro benzene ring substituents is 1. The molecule has 0 saturated carbocycles. The van der Waals surface area contributed by atoms with Gasteiger partial charge in [0, 0.05) is 23.6 Å². The van der Waals surface area contributed by atoms with E-state index in [-0.39, 0.29) is 11.7 Å². The molecule has 22 heavy (non-hydrogen) atoms. The van der Waals surface area contributed by atoms with Crippen LogP contribution in [-0.4, -0.2) is 14.9 Å². The molecule has 1 N–H and O–H groups in total. The van der Waals surface area contributed by atoms with Gasteiger partial charge >= 0.3 is 0 Å². The van der Waals surface area contributed by atoms with Crippen molar-refractivity contribution in [2.75, 3.05) is 5.32 Å². The zero-order chi connectivity index (χ0) is 15.5. The summed E-state index contributed by atoms with van der Waals surface area (Å²) < 4.78 is 0. The number of nitrogens with one attached hydrogen (secondary N) is 1. The van der Waals surface area contributed by atoms with Gasteiger partial charge < -0.3 is 5.32 Å². The summed E-state index contributed by atoms with van der Waals surface area (Å²) in [6, 6.07) is 14.2. The highest BCUT2D eigenvalue weighted by atomic mass is 16.6. The van der Waals surface area contributed by atoms with Gasteiger partial charge in [0.2, 0.25) is 0 Å². The van der Waals surface area contributed by atoms with Crippen LogP contribution in [-0.2, 0) is 0 Å². The van der Waals surface area contributed by atoms with Crippen molar-refractivity contribution in [1.29, 1.82) is 0 Å². The topological polar surface area (TPSA) is 81.0 Å². The van der Waals surface area contributed by atoms with E-state index < -0.39 is 4.92 Å². The molecule has 0 radical (unpaired) electrons. The third kappa shape index (κ3) is 2.71. The highest BCUT2D eigenvalue weighted by Crippen LogP contribution is 2.24. The summed E-state index contributed by atoms with van der Waals surface area (Å²) >= 11 is 0. The number of aromatic nitrogens is 2. The summed E-state index contributed by atoms with van der Waals surface area (Å²) in [6.07, 6.45) is 1.52. The van der Waals surface area contributed by atoms with Crippen LogP contribution in [0.5, 0.6) is 0 Å². The van der Waals surface area contributed by atoms with Crippen molar-refractivity contribution in [2.24, 2.45) is 0 Å². The average molecular weight is 294 g/mol. The molecule has 0 amide bonds. The molecular weight excluding hydrogens is 280 g/mol. The van der Waals surface area contributed by atoms with E-state index in [1.807, 2.05) is 31.2 Å². The molecule has 0 aliphatic heterocycles. The van der Waals surface area contributed by atoms with Gasteiger partial charge in [-0.15, -0.1) is 0 Å². The molecule has 0 aliphatic rings. The van der Waals surface area contributed by atoms with Crippen LogP contribution in [0.15, 0.2) is 54.9 Å². The number of hydrogen-bond donors (Lipinski definition) is 1. The Bertz CT molecular complexity index is 812. The van der Waals surface area contributed by atoms with E-state index in [0.717, 1.165) is 22.3 Å². The molecule has 3 rings (SSSR count). The molecule has 0 spiro atoms. The van der Waals surface area contributed by atoms with Crippen LogP contribution in [0.2, 0.25) is 0 Å². The summed E-state index contributed by atoms with van der Waals surface area (Å²) in [5.41, 5.74) is 1.91. The maximum atomic E-state index is 10.7. The Balaban J connectivity index is 1.86. The van der Waals surface area contributed by atoms with Crippen LogP contribution in [0.4, 0.5) is 11.5 Å². The number of fused-ring (bicyclic) bond motifs is 1. The Morgan fingerprint density at radius 2 is 1.82 bits per heavy atom. The lowest BCUT2D eigenvalue weighted by Gasteiger charge is -2.16. The summed E-state index contributed by atoms with van der Waals surface area (Å²) in [7, 11) is 0. The average Bonchev–Trinajstić information content (AvgIpc) is 2.55. The van der Waals surface area contributed by atoms with E-state index in [0.29, 0.717) is 0 Å². The minimum atomic E-state index is -0.403. The van der Waals surface area contributed by atoms with Crippen molar-refractivity contribution in [3.63, 3.8) is 0 Å². The van der Waals surface area contributed by atoms with E-state index in [1.165, 1.54) is 18.5 Å². The number of nitrogens with zero attached hydrogens (tertiary/aromatic N) is 3. The second-order valence-corrected chi connectivity index (χ2v) is 4.95. The maximum absolute atomic E-state index is 10.7. The second kappa shape index (κ2) is 5.77. The Hall–Kier alpha value is -3.02. The lowest BCUT2D eigenvalue weighted by Crippen LogP contribution is -2.08. The molecule has 6 nitrogen and oxygen atoms in total. The number of para-hydroxylation sites is 1. The molecule has 6 heteroatoms. The zero-order valence-electron chi connectivity index (χ0n) is 11.9. The van der Waals surface area contributed by atoms with Crippen molar-refractivity contribution >= 4 is 22.4 Å². The number of hydrogen-bond acceptors (Lipinski definition) is 5. The molecular formula is C16H14N4O2. The third-order valence-electron chi connectivity index (χ3n) is 3.50. The third-order valence-corrected chi connectivity index (χ3v) is 3.50. The molecule has 1 heterocycles. The van der Waals surface area contributed by atoms with Crippen LogP contribution in [0, 0.1) is 10.1 Å². The van der Waals surface area contributed by atoms with Crippen LogP contribution in [0.25, 0.3) is 10.9 Å². The minimum absolute atomic E-state index is 0.0286. The maximum Gasteiger partial charge on any atom is 0.269 e. The van der Waals surface area contributed by atoms with Crippen molar-refractivity contribution < 1.29 is 4.92 Å². The van der Waals surface area contributed by atoms with Gasteiger partial charge in [0.1, 0.15) is 12.1 Å². The molecule has 0 saturated heterocycles. The number of non-ortho nitro benzene ring substituents is 1. The first-order valence-electron chi connectivity index (χ1n) is 6.86. The fraction of sp³-hybridized carbons (Fsp3) is 0.125. The predicted octanol–water partition coefficient (Wildman–Crippen LogP) is 3.71. The first-order valence-corrected chi connectivity index (χ1v) is 6.86. The van der Waals surface area contributed by atoms with Gasteiger partial charge in [-0.1, -0.05) is 24.3 Å². The zero-order valence-corrected chi connectivity index (χ0v) is 11.9. The number of benzene rings is 2. The van der Waals surface area contributed by atoms with E-state index in [9.17, 15) is 10.1 Å². The fourth-order valence-corrected chi connectivity index (χ4v) is 2.29. The number of nitro groups is 1. The Kier molecular flexibility index (Phi) is 3.65. The summed E-state index contributed by atoms with van der Waals surface area (Å²) in [6.45, 7) is 1.98. The van der Waals surface area contributed by atoms with Gasteiger partial charge in [-0.25, -0.2) is 9.97 Å². The molecule has 0 aliphatic carbocycles.